The Kier molecular flexibility index (Phi) is 5.13. The molecular formula is C18H21ClN2O2. The number of piperidine rings is 1. The number of hydrogen-bond donors (Lipinski definition) is 0. The van der Waals surface area contributed by atoms with Gasteiger partial charge in [0.2, 0.25) is 0 Å². The largest absolute Gasteiger partial charge is 0.465 e. The highest BCUT2D eigenvalue weighted by Gasteiger charge is 2.30. The maximum absolute atomic E-state index is 12.2. The van der Waals surface area contributed by atoms with Crippen LogP contribution < -0.4 is 0 Å². The molecule has 2 aromatic rings. The van der Waals surface area contributed by atoms with Crippen molar-refractivity contribution < 1.29 is 9.53 Å². The van der Waals surface area contributed by atoms with E-state index in [4.69, 9.17) is 16.3 Å². The van der Waals surface area contributed by atoms with Gasteiger partial charge in [-0.1, -0.05) is 24.1 Å². The Labute approximate surface area is 141 Å². The molecule has 0 saturated carbocycles. The first-order chi connectivity index (χ1) is 11.2. The summed E-state index contributed by atoms with van der Waals surface area (Å²) in [6.07, 6.45) is 4.81. The molecule has 1 aromatic heterocycles. The molecule has 0 radical (unpaired) electrons. The van der Waals surface area contributed by atoms with Crippen molar-refractivity contribution in [2.75, 3.05) is 13.2 Å². The predicted octanol–water partition coefficient (Wildman–Crippen LogP) is 3.81. The van der Waals surface area contributed by atoms with E-state index in [1.165, 1.54) is 0 Å². The van der Waals surface area contributed by atoms with E-state index < -0.39 is 0 Å². The van der Waals surface area contributed by atoms with Crippen LogP contribution >= 0.6 is 11.6 Å². The fourth-order valence-corrected chi connectivity index (χ4v) is 3.44. The minimum Gasteiger partial charge on any atom is -0.465 e. The molecule has 2 heterocycles. The third-order valence-electron chi connectivity index (χ3n) is 4.35. The van der Waals surface area contributed by atoms with Gasteiger partial charge in [0.05, 0.1) is 12.1 Å². The van der Waals surface area contributed by atoms with Gasteiger partial charge in [-0.05, 0) is 50.1 Å². The first-order valence-electron chi connectivity index (χ1n) is 8.13. The number of pyridine rings is 1. The fraction of sp³-hybridized carbons (Fsp3) is 0.444. The SMILES string of the molecule is CCOC(=O)C1CCCCN1Cc1ccc(Cl)c2cccnc12. The number of benzene rings is 1. The second-order valence-electron chi connectivity index (χ2n) is 5.84. The second kappa shape index (κ2) is 7.28. The van der Waals surface area contributed by atoms with Gasteiger partial charge in [0.15, 0.2) is 0 Å². The van der Waals surface area contributed by atoms with Crippen LogP contribution in [0.4, 0.5) is 0 Å². The lowest BCUT2D eigenvalue weighted by molar-refractivity contribution is -0.151. The number of rotatable bonds is 4. The molecule has 1 aliphatic heterocycles. The zero-order valence-corrected chi connectivity index (χ0v) is 14.1. The van der Waals surface area contributed by atoms with Crippen LogP contribution in [0.1, 0.15) is 31.7 Å². The highest BCUT2D eigenvalue weighted by Crippen LogP contribution is 2.27. The second-order valence-corrected chi connectivity index (χ2v) is 6.25. The Balaban J connectivity index is 1.88. The fourth-order valence-electron chi connectivity index (χ4n) is 3.23. The molecule has 0 amide bonds. The summed E-state index contributed by atoms with van der Waals surface area (Å²) in [5.74, 6) is -0.113. The molecule has 5 heteroatoms. The molecule has 1 unspecified atom stereocenters. The van der Waals surface area contributed by atoms with Crippen molar-refractivity contribution in [3.63, 3.8) is 0 Å². The van der Waals surface area contributed by atoms with Gasteiger partial charge < -0.3 is 4.74 Å². The Morgan fingerprint density at radius 3 is 3.09 bits per heavy atom. The first-order valence-corrected chi connectivity index (χ1v) is 8.51. The molecule has 1 atom stereocenters. The molecule has 1 aliphatic rings. The smallest absolute Gasteiger partial charge is 0.323 e. The molecule has 1 aromatic carbocycles. The van der Waals surface area contributed by atoms with Crippen molar-refractivity contribution in [3.05, 3.63) is 41.0 Å². The number of carbonyl (C=O) groups excluding carboxylic acids is 1. The highest BCUT2D eigenvalue weighted by atomic mass is 35.5. The van der Waals surface area contributed by atoms with Gasteiger partial charge in [0.1, 0.15) is 6.04 Å². The summed E-state index contributed by atoms with van der Waals surface area (Å²) in [5.41, 5.74) is 2.01. The van der Waals surface area contributed by atoms with Crippen LogP contribution in [0.15, 0.2) is 30.5 Å². The van der Waals surface area contributed by atoms with E-state index in [-0.39, 0.29) is 12.0 Å². The van der Waals surface area contributed by atoms with E-state index >= 15 is 0 Å². The molecular weight excluding hydrogens is 312 g/mol. The lowest BCUT2D eigenvalue weighted by atomic mass is 10.0. The molecule has 4 nitrogen and oxygen atoms in total. The van der Waals surface area contributed by atoms with Gasteiger partial charge in [0.25, 0.3) is 0 Å². The number of aromatic nitrogens is 1. The van der Waals surface area contributed by atoms with E-state index in [9.17, 15) is 4.79 Å². The van der Waals surface area contributed by atoms with Crippen LogP contribution in [-0.2, 0) is 16.1 Å². The molecule has 0 N–H and O–H groups in total. The topological polar surface area (TPSA) is 42.4 Å². The van der Waals surface area contributed by atoms with Gasteiger partial charge in [-0.2, -0.15) is 0 Å². The number of esters is 1. The minimum atomic E-state index is -0.154. The Bertz CT molecular complexity index is 704. The average molecular weight is 333 g/mol. The van der Waals surface area contributed by atoms with Crippen LogP contribution in [-0.4, -0.2) is 35.0 Å². The summed E-state index contributed by atoms with van der Waals surface area (Å²) in [7, 11) is 0. The number of carbonyl (C=O) groups is 1. The van der Waals surface area contributed by atoms with Crippen LogP contribution in [0, 0.1) is 0 Å². The van der Waals surface area contributed by atoms with Crippen molar-refractivity contribution in [2.45, 2.75) is 38.8 Å². The Morgan fingerprint density at radius 1 is 1.39 bits per heavy atom. The predicted molar refractivity (Wildman–Crippen MR) is 91.4 cm³/mol. The molecule has 0 bridgehead atoms. The van der Waals surface area contributed by atoms with E-state index in [1.807, 2.05) is 31.2 Å². The molecule has 3 rings (SSSR count). The van der Waals surface area contributed by atoms with Crippen LogP contribution in [0.5, 0.6) is 0 Å². The van der Waals surface area contributed by atoms with Gasteiger partial charge in [-0.3, -0.25) is 14.7 Å². The van der Waals surface area contributed by atoms with E-state index in [0.717, 1.165) is 42.3 Å². The summed E-state index contributed by atoms with van der Waals surface area (Å²) in [6.45, 7) is 3.87. The lowest BCUT2D eigenvalue weighted by Gasteiger charge is -2.34. The summed E-state index contributed by atoms with van der Waals surface area (Å²) < 4.78 is 5.24. The molecule has 23 heavy (non-hydrogen) atoms. The minimum absolute atomic E-state index is 0.113. The normalized spacial score (nSPS) is 19.0. The van der Waals surface area contributed by atoms with Crippen LogP contribution in [0.25, 0.3) is 10.9 Å². The number of ether oxygens (including phenoxy) is 1. The van der Waals surface area contributed by atoms with Crippen molar-refractivity contribution in [2.24, 2.45) is 0 Å². The van der Waals surface area contributed by atoms with Crippen molar-refractivity contribution >= 4 is 28.5 Å². The quantitative estimate of drug-likeness (QED) is 0.798. The zero-order valence-electron chi connectivity index (χ0n) is 13.3. The third kappa shape index (κ3) is 3.48. The number of likely N-dealkylation sites (tertiary alicyclic amines) is 1. The van der Waals surface area contributed by atoms with E-state index in [1.54, 1.807) is 6.20 Å². The number of nitrogens with zero attached hydrogens (tertiary/aromatic N) is 2. The van der Waals surface area contributed by atoms with Crippen molar-refractivity contribution in [1.29, 1.82) is 0 Å². The average Bonchev–Trinajstić information content (AvgIpc) is 2.58. The summed E-state index contributed by atoms with van der Waals surface area (Å²) in [4.78, 5) is 18.9. The van der Waals surface area contributed by atoms with Gasteiger partial charge in [0, 0.05) is 23.2 Å². The number of hydrogen-bond acceptors (Lipinski definition) is 4. The molecule has 0 aliphatic carbocycles. The molecule has 122 valence electrons. The van der Waals surface area contributed by atoms with Gasteiger partial charge >= 0.3 is 5.97 Å². The maximum atomic E-state index is 12.2. The number of fused-ring (bicyclic) bond motifs is 1. The maximum Gasteiger partial charge on any atom is 0.323 e. The lowest BCUT2D eigenvalue weighted by Crippen LogP contribution is -2.45. The van der Waals surface area contributed by atoms with Crippen LogP contribution in [0.3, 0.4) is 0 Å². The highest BCUT2D eigenvalue weighted by molar-refractivity contribution is 6.35. The van der Waals surface area contributed by atoms with Crippen molar-refractivity contribution in [3.8, 4) is 0 Å². The monoisotopic (exact) mass is 332 g/mol. The standard InChI is InChI=1S/C18H21ClN2O2/c1-2-23-18(22)16-7-3-4-11-21(16)12-13-8-9-15(19)14-6-5-10-20-17(13)14/h5-6,8-10,16H,2-4,7,11-12H2,1H3. The van der Waals surface area contributed by atoms with E-state index in [0.29, 0.717) is 18.2 Å². The Hall–Kier alpha value is -1.65. The molecule has 1 fully saturated rings. The van der Waals surface area contributed by atoms with Gasteiger partial charge in [-0.25, -0.2) is 0 Å². The summed E-state index contributed by atoms with van der Waals surface area (Å²) in [6, 6.07) is 7.63. The Morgan fingerprint density at radius 2 is 2.26 bits per heavy atom. The summed E-state index contributed by atoms with van der Waals surface area (Å²) in [5, 5.41) is 1.66. The van der Waals surface area contributed by atoms with E-state index in [2.05, 4.69) is 9.88 Å². The number of halogens is 1. The first kappa shape index (κ1) is 16.2. The molecule has 1 saturated heterocycles. The summed E-state index contributed by atoms with van der Waals surface area (Å²) >= 11 is 6.26. The van der Waals surface area contributed by atoms with Crippen molar-refractivity contribution in [1.82, 2.24) is 9.88 Å². The van der Waals surface area contributed by atoms with Crippen LogP contribution in [0.2, 0.25) is 5.02 Å². The molecule has 0 spiro atoms. The zero-order chi connectivity index (χ0) is 16.2. The third-order valence-corrected chi connectivity index (χ3v) is 4.68. The van der Waals surface area contributed by atoms with Gasteiger partial charge in [-0.15, -0.1) is 0 Å².